The summed E-state index contributed by atoms with van der Waals surface area (Å²) >= 11 is 0. The van der Waals surface area contributed by atoms with Crippen LogP contribution in [-0.2, 0) is 0 Å². The lowest BCUT2D eigenvalue weighted by Gasteiger charge is -2.38. The Morgan fingerprint density at radius 1 is 0.846 bits per heavy atom. The van der Waals surface area contributed by atoms with Crippen LogP contribution in [0.4, 0.5) is 11.5 Å². The molecule has 0 saturated heterocycles. The lowest BCUT2D eigenvalue weighted by Crippen LogP contribution is -2.43. The molecule has 0 fully saturated rings. The van der Waals surface area contributed by atoms with E-state index in [1.807, 2.05) is 24.4 Å². The average Bonchev–Trinajstić information content (AvgIpc) is 2.62. The number of hydrogen-bond donors (Lipinski definition) is 0. The monoisotopic (exact) mass is 364 g/mol. The van der Waals surface area contributed by atoms with Gasteiger partial charge in [0.1, 0.15) is 13.9 Å². The van der Waals surface area contributed by atoms with Crippen LogP contribution in [0.5, 0.6) is 0 Å². The van der Waals surface area contributed by atoms with Crippen LogP contribution in [0.15, 0.2) is 48.7 Å². The minimum Gasteiger partial charge on any atom is -0.328 e. The summed E-state index contributed by atoms with van der Waals surface area (Å²) in [5.74, 6) is 4.52. The molecule has 138 valence electrons. The van der Waals surface area contributed by atoms with Crippen LogP contribution in [0.25, 0.3) is 0 Å². The molecule has 26 heavy (non-hydrogen) atoms. The van der Waals surface area contributed by atoms with Crippen LogP contribution < -0.4 is 4.90 Å². The maximum Gasteiger partial charge on any atom is 0.146 e. The molecule has 0 bridgehead atoms. The second kappa shape index (κ2) is 8.55. The number of anilines is 2. The Morgan fingerprint density at radius 2 is 1.42 bits per heavy atom. The third kappa shape index (κ3) is 4.02. The van der Waals surface area contributed by atoms with Crippen LogP contribution >= 0.6 is 0 Å². The van der Waals surface area contributed by atoms with E-state index in [1.165, 1.54) is 0 Å². The number of rotatable bonds is 5. The molecule has 1 heterocycles. The molecule has 0 aliphatic heterocycles. The van der Waals surface area contributed by atoms with Gasteiger partial charge in [0.25, 0.3) is 0 Å². The van der Waals surface area contributed by atoms with Gasteiger partial charge in [-0.15, -0.1) is 5.54 Å². The fraction of sp³-hybridized carbons (Fsp3) is 0.435. The zero-order valence-corrected chi connectivity index (χ0v) is 18.2. The summed E-state index contributed by atoms with van der Waals surface area (Å²) in [6.07, 6.45) is 1.83. The van der Waals surface area contributed by atoms with Crippen molar-refractivity contribution < 1.29 is 0 Å². The van der Waals surface area contributed by atoms with Crippen molar-refractivity contribution in [3.8, 4) is 11.5 Å². The van der Waals surface area contributed by atoms with Crippen LogP contribution in [0.2, 0.25) is 16.6 Å². The van der Waals surface area contributed by atoms with Gasteiger partial charge in [-0.25, -0.2) is 4.98 Å². The molecule has 0 amide bonds. The Kier molecular flexibility index (Phi) is 6.67. The van der Waals surface area contributed by atoms with E-state index in [1.54, 1.807) is 0 Å². The highest BCUT2D eigenvalue weighted by Crippen LogP contribution is 2.41. The predicted octanol–water partition coefficient (Wildman–Crippen LogP) is 6.42. The van der Waals surface area contributed by atoms with Gasteiger partial charge in [0.15, 0.2) is 0 Å². The summed E-state index contributed by atoms with van der Waals surface area (Å²) in [6.45, 7) is 14.1. The number of nitrogens with zero attached hydrogens (tertiary/aromatic N) is 2. The normalized spacial score (nSPS) is 11.6. The molecule has 0 spiro atoms. The van der Waals surface area contributed by atoms with Crippen molar-refractivity contribution in [3.05, 3.63) is 54.2 Å². The first-order valence-electron chi connectivity index (χ1n) is 9.57. The Hall–Kier alpha value is -2.05. The molecule has 0 aliphatic carbocycles. The zero-order valence-electron chi connectivity index (χ0n) is 17.2. The maximum atomic E-state index is 4.48. The fourth-order valence-electron chi connectivity index (χ4n) is 4.16. The van der Waals surface area contributed by atoms with E-state index in [0.29, 0.717) is 16.6 Å². The van der Waals surface area contributed by atoms with Crippen LogP contribution in [0.1, 0.15) is 47.1 Å². The summed E-state index contributed by atoms with van der Waals surface area (Å²) in [6, 6.07) is 14.4. The van der Waals surface area contributed by atoms with Gasteiger partial charge < -0.3 is 4.90 Å². The van der Waals surface area contributed by atoms with Gasteiger partial charge in [0, 0.05) is 18.8 Å². The number of benzene rings is 1. The van der Waals surface area contributed by atoms with E-state index in [4.69, 9.17) is 0 Å². The van der Waals surface area contributed by atoms with Crippen LogP contribution in [-0.4, -0.2) is 20.1 Å². The molecule has 2 nitrogen and oxygen atoms in total. The van der Waals surface area contributed by atoms with Gasteiger partial charge in [-0.05, 0) is 40.9 Å². The molecule has 2 aromatic rings. The van der Waals surface area contributed by atoms with Crippen molar-refractivity contribution >= 4 is 19.6 Å². The molecule has 2 rings (SSSR count). The van der Waals surface area contributed by atoms with E-state index >= 15 is 0 Å². The average molecular weight is 365 g/mol. The molecule has 0 saturated carbocycles. The lowest BCUT2D eigenvalue weighted by atomic mass is 10.1. The minimum absolute atomic E-state index is 0.635. The third-order valence-electron chi connectivity index (χ3n) is 5.54. The van der Waals surface area contributed by atoms with Gasteiger partial charge in [-0.2, -0.15) is 0 Å². The van der Waals surface area contributed by atoms with Gasteiger partial charge >= 0.3 is 0 Å². The number of pyridine rings is 1. The highest BCUT2D eigenvalue weighted by Gasteiger charge is 2.41. The van der Waals surface area contributed by atoms with Gasteiger partial charge in [-0.3, -0.25) is 0 Å². The molecular formula is C23H32N2Si. The molecule has 3 heteroatoms. The fourth-order valence-corrected chi connectivity index (χ4v) is 9.37. The Balaban J connectivity index is 2.51. The first-order chi connectivity index (χ1) is 12.3. The van der Waals surface area contributed by atoms with Crippen molar-refractivity contribution in [2.75, 3.05) is 11.9 Å². The summed E-state index contributed by atoms with van der Waals surface area (Å²) in [5, 5.41) is 0. The third-order valence-corrected chi connectivity index (χ3v) is 11.8. The molecule has 1 aromatic heterocycles. The molecule has 0 unspecified atom stereocenters. The Bertz CT molecular complexity index is 748. The number of aromatic nitrogens is 1. The number of hydrogen-bond acceptors (Lipinski definition) is 2. The standard InChI is InChI=1S/C23H32N2Si/c1-18(2)26(19(3)4,20(5)6)17-15-21-12-8-9-13-22(21)25(7)23-14-10-11-16-24-23/h8-14,16,18-20H,1-7H3. The predicted molar refractivity (Wildman–Crippen MR) is 117 cm³/mol. The molecule has 0 aliphatic rings. The van der Waals surface area contributed by atoms with Crippen molar-refractivity contribution in [2.24, 2.45) is 0 Å². The second-order valence-electron chi connectivity index (χ2n) is 7.91. The molecule has 0 radical (unpaired) electrons. The largest absolute Gasteiger partial charge is 0.328 e. The highest BCUT2D eigenvalue weighted by atomic mass is 28.3. The summed E-state index contributed by atoms with van der Waals surface area (Å²) in [5.41, 5.74) is 7.93. The summed E-state index contributed by atoms with van der Waals surface area (Å²) < 4.78 is 0. The lowest BCUT2D eigenvalue weighted by molar-refractivity contribution is 0.838. The Labute approximate surface area is 160 Å². The maximum absolute atomic E-state index is 4.48. The Morgan fingerprint density at radius 3 is 1.96 bits per heavy atom. The molecule has 1 aromatic carbocycles. The van der Waals surface area contributed by atoms with Crippen molar-refractivity contribution in [1.29, 1.82) is 0 Å². The van der Waals surface area contributed by atoms with Gasteiger partial charge in [-0.1, -0.05) is 65.7 Å². The molecule has 0 N–H and O–H groups in total. The van der Waals surface area contributed by atoms with Crippen molar-refractivity contribution in [3.63, 3.8) is 0 Å². The van der Waals surface area contributed by atoms with E-state index in [-0.39, 0.29) is 0 Å². The topological polar surface area (TPSA) is 16.1 Å². The van der Waals surface area contributed by atoms with E-state index < -0.39 is 8.07 Å². The van der Waals surface area contributed by atoms with Gasteiger partial charge in [0.2, 0.25) is 0 Å². The smallest absolute Gasteiger partial charge is 0.146 e. The van der Waals surface area contributed by atoms with E-state index in [2.05, 4.69) is 94.2 Å². The molecule has 0 atom stereocenters. The van der Waals surface area contributed by atoms with Crippen LogP contribution in [0.3, 0.4) is 0 Å². The summed E-state index contributed by atoms with van der Waals surface area (Å²) in [4.78, 5) is 6.59. The quantitative estimate of drug-likeness (QED) is 0.449. The summed E-state index contributed by atoms with van der Waals surface area (Å²) in [7, 11) is 0.314. The second-order valence-corrected chi connectivity index (χ2v) is 13.5. The first kappa shape index (κ1) is 20.3. The number of para-hydroxylation sites is 1. The van der Waals surface area contributed by atoms with Gasteiger partial charge in [0.05, 0.1) is 5.69 Å². The SMILES string of the molecule is CC(C)[Si](C#Cc1ccccc1N(C)c1ccccn1)(C(C)C)C(C)C. The minimum atomic E-state index is -1.74. The highest BCUT2D eigenvalue weighted by molar-refractivity contribution is 6.90. The first-order valence-corrected chi connectivity index (χ1v) is 11.8. The van der Waals surface area contributed by atoms with Crippen molar-refractivity contribution in [2.45, 2.75) is 58.2 Å². The van der Waals surface area contributed by atoms with Crippen molar-refractivity contribution in [1.82, 2.24) is 4.98 Å². The van der Waals surface area contributed by atoms with E-state index in [0.717, 1.165) is 17.1 Å². The zero-order chi connectivity index (χ0) is 19.3. The van der Waals surface area contributed by atoms with E-state index in [9.17, 15) is 0 Å². The van der Waals surface area contributed by atoms with Crippen LogP contribution in [0, 0.1) is 11.5 Å². The molecular weight excluding hydrogens is 332 g/mol.